The highest BCUT2D eigenvalue weighted by Gasteiger charge is 2.26. The second-order valence-corrected chi connectivity index (χ2v) is 4.75. The van der Waals surface area contributed by atoms with Gasteiger partial charge >= 0.3 is 0 Å². The number of hydrogen-bond acceptors (Lipinski definition) is 4. The number of non-ortho nitro benzene ring substituents is 1. The van der Waals surface area contributed by atoms with Gasteiger partial charge in [-0.2, -0.15) is 0 Å². The van der Waals surface area contributed by atoms with Gasteiger partial charge in [0.15, 0.2) is 0 Å². The molecule has 1 saturated carbocycles. The largest absolute Gasteiger partial charge is 0.493 e. The first-order chi connectivity index (χ1) is 8.70. The molecule has 98 valence electrons. The van der Waals surface area contributed by atoms with Gasteiger partial charge in [0.05, 0.1) is 11.5 Å². The summed E-state index contributed by atoms with van der Waals surface area (Å²) in [5, 5.41) is 10.5. The minimum atomic E-state index is -0.412. The van der Waals surface area contributed by atoms with Gasteiger partial charge in [-0.15, -0.1) is 0 Å². The first kappa shape index (κ1) is 12.8. The van der Waals surface area contributed by atoms with Crippen LogP contribution in [0.5, 0.6) is 5.75 Å². The van der Waals surface area contributed by atoms with E-state index in [1.54, 1.807) is 12.1 Å². The molecule has 2 N–H and O–H groups in total. The number of ether oxygens (including phenoxy) is 1. The summed E-state index contributed by atoms with van der Waals surface area (Å²) >= 11 is 0. The molecule has 0 amide bonds. The van der Waals surface area contributed by atoms with Crippen LogP contribution in [0.2, 0.25) is 0 Å². The van der Waals surface area contributed by atoms with E-state index in [1.165, 1.54) is 25.0 Å². The molecule has 0 radical (unpaired) electrons. The fourth-order valence-electron chi connectivity index (χ4n) is 2.51. The maximum Gasteiger partial charge on any atom is 0.269 e. The Morgan fingerprint density at radius 1 is 1.28 bits per heavy atom. The SMILES string of the molecule is NCC1CCCC1COc1ccc([N+](=O)[O-])cc1. The molecule has 0 saturated heterocycles. The zero-order valence-corrected chi connectivity index (χ0v) is 10.2. The van der Waals surface area contributed by atoms with Gasteiger partial charge in [-0.3, -0.25) is 10.1 Å². The van der Waals surface area contributed by atoms with E-state index in [4.69, 9.17) is 10.5 Å². The third-order valence-electron chi connectivity index (χ3n) is 3.63. The van der Waals surface area contributed by atoms with Crippen molar-refractivity contribution in [3.8, 4) is 5.75 Å². The predicted octanol–water partition coefficient (Wildman–Crippen LogP) is 2.35. The molecule has 0 heterocycles. The van der Waals surface area contributed by atoms with Crippen molar-refractivity contribution in [3.63, 3.8) is 0 Å². The molecule has 2 atom stereocenters. The molecule has 0 spiro atoms. The van der Waals surface area contributed by atoms with Crippen LogP contribution in [0.1, 0.15) is 19.3 Å². The molecule has 5 heteroatoms. The first-order valence-electron chi connectivity index (χ1n) is 6.28. The third-order valence-corrected chi connectivity index (χ3v) is 3.63. The van der Waals surface area contributed by atoms with Crippen LogP contribution in [0.25, 0.3) is 0 Å². The van der Waals surface area contributed by atoms with Crippen LogP contribution in [-0.2, 0) is 0 Å². The van der Waals surface area contributed by atoms with Crippen LogP contribution in [0.15, 0.2) is 24.3 Å². The van der Waals surface area contributed by atoms with Crippen molar-refractivity contribution in [1.29, 1.82) is 0 Å². The highest BCUT2D eigenvalue weighted by molar-refractivity contribution is 5.35. The van der Waals surface area contributed by atoms with Crippen LogP contribution in [0, 0.1) is 22.0 Å². The van der Waals surface area contributed by atoms with Crippen LogP contribution in [0.3, 0.4) is 0 Å². The van der Waals surface area contributed by atoms with Crippen LogP contribution in [0.4, 0.5) is 5.69 Å². The van der Waals surface area contributed by atoms with Crippen molar-refractivity contribution in [1.82, 2.24) is 0 Å². The highest BCUT2D eigenvalue weighted by Crippen LogP contribution is 2.31. The Balaban J connectivity index is 1.88. The Bertz CT molecular complexity index is 405. The Labute approximate surface area is 106 Å². The molecule has 0 aliphatic heterocycles. The smallest absolute Gasteiger partial charge is 0.269 e. The van der Waals surface area contributed by atoms with Gasteiger partial charge in [0.25, 0.3) is 5.69 Å². The summed E-state index contributed by atoms with van der Waals surface area (Å²) in [5.41, 5.74) is 5.80. The van der Waals surface area contributed by atoms with Crippen LogP contribution in [-0.4, -0.2) is 18.1 Å². The molecule has 18 heavy (non-hydrogen) atoms. The van der Waals surface area contributed by atoms with E-state index in [0.717, 1.165) is 6.42 Å². The molecule has 1 fully saturated rings. The molecule has 1 aromatic carbocycles. The summed E-state index contributed by atoms with van der Waals surface area (Å²) in [6, 6.07) is 6.21. The van der Waals surface area contributed by atoms with Crippen molar-refractivity contribution < 1.29 is 9.66 Å². The van der Waals surface area contributed by atoms with Gasteiger partial charge in [-0.25, -0.2) is 0 Å². The van der Waals surface area contributed by atoms with Gasteiger partial charge < -0.3 is 10.5 Å². The van der Waals surface area contributed by atoms with Crippen LogP contribution < -0.4 is 10.5 Å². The molecule has 2 rings (SSSR count). The van der Waals surface area contributed by atoms with Crippen molar-refractivity contribution in [2.45, 2.75) is 19.3 Å². The Morgan fingerprint density at radius 2 is 1.94 bits per heavy atom. The third kappa shape index (κ3) is 2.98. The Kier molecular flexibility index (Phi) is 4.15. The summed E-state index contributed by atoms with van der Waals surface area (Å²) in [6.45, 7) is 1.37. The monoisotopic (exact) mass is 250 g/mol. The van der Waals surface area contributed by atoms with Crippen molar-refractivity contribution in [2.24, 2.45) is 17.6 Å². The molecule has 2 unspecified atom stereocenters. The second kappa shape index (κ2) is 5.82. The maximum absolute atomic E-state index is 10.5. The second-order valence-electron chi connectivity index (χ2n) is 4.75. The van der Waals surface area contributed by atoms with Crippen LogP contribution >= 0.6 is 0 Å². The normalized spacial score (nSPS) is 22.9. The van der Waals surface area contributed by atoms with Gasteiger partial charge in [-0.05, 0) is 43.4 Å². The van der Waals surface area contributed by atoms with E-state index in [1.807, 2.05) is 0 Å². The molecule has 0 bridgehead atoms. The number of nitrogens with zero attached hydrogens (tertiary/aromatic N) is 1. The minimum absolute atomic E-state index is 0.0862. The molecular formula is C13H18N2O3. The number of nitro groups is 1. The van der Waals surface area contributed by atoms with Gasteiger partial charge in [0, 0.05) is 12.1 Å². The fourth-order valence-corrected chi connectivity index (χ4v) is 2.51. The van der Waals surface area contributed by atoms with E-state index in [0.29, 0.717) is 30.7 Å². The standard InChI is InChI=1S/C13H18N2O3/c14-8-10-2-1-3-11(10)9-18-13-6-4-12(5-7-13)15(16)17/h4-7,10-11H,1-3,8-9,14H2. The van der Waals surface area contributed by atoms with E-state index in [2.05, 4.69) is 0 Å². The lowest BCUT2D eigenvalue weighted by molar-refractivity contribution is -0.384. The summed E-state index contributed by atoms with van der Waals surface area (Å²) < 4.78 is 5.68. The van der Waals surface area contributed by atoms with E-state index in [-0.39, 0.29) is 5.69 Å². The predicted molar refractivity (Wildman–Crippen MR) is 68.5 cm³/mol. The zero-order valence-electron chi connectivity index (χ0n) is 10.2. The van der Waals surface area contributed by atoms with Crippen molar-refractivity contribution >= 4 is 5.69 Å². The topological polar surface area (TPSA) is 78.4 Å². The molecule has 1 aliphatic carbocycles. The van der Waals surface area contributed by atoms with E-state index < -0.39 is 4.92 Å². The van der Waals surface area contributed by atoms with Gasteiger partial charge in [0.2, 0.25) is 0 Å². The number of hydrogen-bond donors (Lipinski definition) is 1. The summed E-state index contributed by atoms with van der Waals surface area (Å²) in [7, 11) is 0. The zero-order chi connectivity index (χ0) is 13.0. The lowest BCUT2D eigenvalue weighted by Gasteiger charge is -2.18. The maximum atomic E-state index is 10.5. The quantitative estimate of drug-likeness (QED) is 0.642. The number of nitrogens with two attached hydrogens (primary N) is 1. The number of rotatable bonds is 5. The lowest BCUT2D eigenvalue weighted by atomic mass is 9.97. The Morgan fingerprint density at radius 3 is 2.56 bits per heavy atom. The summed E-state index contributed by atoms with van der Waals surface area (Å²) in [5.74, 6) is 1.76. The van der Waals surface area contributed by atoms with Crippen molar-refractivity contribution in [2.75, 3.05) is 13.2 Å². The molecular weight excluding hydrogens is 232 g/mol. The lowest BCUT2D eigenvalue weighted by Crippen LogP contribution is -2.23. The Hall–Kier alpha value is -1.62. The van der Waals surface area contributed by atoms with Crippen molar-refractivity contribution in [3.05, 3.63) is 34.4 Å². The average Bonchev–Trinajstić information content (AvgIpc) is 2.84. The summed E-state index contributed by atoms with van der Waals surface area (Å²) in [6.07, 6.45) is 3.57. The number of nitro benzene ring substituents is 1. The molecule has 5 nitrogen and oxygen atoms in total. The minimum Gasteiger partial charge on any atom is -0.493 e. The van der Waals surface area contributed by atoms with E-state index >= 15 is 0 Å². The van der Waals surface area contributed by atoms with Gasteiger partial charge in [-0.1, -0.05) is 6.42 Å². The van der Waals surface area contributed by atoms with E-state index in [9.17, 15) is 10.1 Å². The summed E-state index contributed by atoms with van der Waals surface area (Å²) in [4.78, 5) is 10.1. The van der Waals surface area contributed by atoms with Gasteiger partial charge in [0.1, 0.15) is 5.75 Å². The molecule has 1 aliphatic rings. The number of benzene rings is 1. The first-order valence-corrected chi connectivity index (χ1v) is 6.28. The molecule has 0 aromatic heterocycles. The molecule has 1 aromatic rings. The average molecular weight is 250 g/mol. The fraction of sp³-hybridized carbons (Fsp3) is 0.538. The highest BCUT2D eigenvalue weighted by atomic mass is 16.6.